The van der Waals surface area contributed by atoms with Crippen LogP contribution in [0.4, 0.5) is 15.8 Å². The lowest BCUT2D eigenvalue weighted by Gasteiger charge is -2.30. The van der Waals surface area contributed by atoms with E-state index in [1.54, 1.807) is 5.01 Å². The monoisotopic (exact) mass is 496 g/mol. The molecule has 1 amide bonds. The van der Waals surface area contributed by atoms with Crippen molar-refractivity contribution >= 4 is 29.1 Å². The molecule has 190 valence electrons. The van der Waals surface area contributed by atoms with Gasteiger partial charge in [0.15, 0.2) is 0 Å². The molecule has 6 heteroatoms. The van der Waals surface area contributed by atoms with Crippen molar-refractivity contribution in [2.45, 2.75) is 25.3 Å². The summed E-state index contributed by atoms with van der Waals surface area (Å²) < 4.78 is 13.6. The summed E-state index contributed by atoms with van der Waals surface area (Å²) in [7, 11) is 8.09. The largest absolute Gasteiger partial charge is 0.378 e. The zero-order valence-corrected chi connectivity index (χ0v) is 21.9. The van der Waals surface area contributed by atoms with Crippen molar-refractivity contribution < 1.29 is 9.18 Å². The zero-order chi connectivity index (χ0) is 26.1. The first-order valence-electron chi connectivity index (χ1n) is 12.7. The van der Waals surface area contributed by atoms with Crippen LogP contribution in [0.15, 0.2) is 83.5 Å². The molecular weight excluding hydrogens is 463 g/mol. The number of hydrogen-bond acceptors (Lipinski definition) is 4. The van der Waals surface area contributed by atoms with Crippen molar-refractivity contribution in [3.05, 3.63) is 101 Å². The molecule has 0 bridgehead atoms. The van der Waals surface area contributed by atoms with Gasteiger partial charge in [0.2, 0.25) is 0 Å². The average Bonchev–Trinajstić information content (AvgIpc) is 3.30. The van der Waals surface area contributed by atoms with Gasteiger partial charge in [-0.3, -0.25) is 4.79 Å². The number of hydrogen-bond donors (Lipinski definition) is 0. The molecule has 0 aromatic heterocycles. The summed E-state index contributed by atoms with van der Waals surface area (Å²) in [5, 5.41) is 6.60. The predicted molar refractivity (Wildman–Crippen MR) is 150 cm³/mol. The Bertz CT molecular complexity index is 1330. The quantitative estimate of drug-likeness (QED) is 0.411. The summed E-state index contributed by atoms with van der Waals surface area (Å²) >= 11 is 0. The van der Waals surface area contributed by atoms with E-state index in [9.17, 15) is 9.18 Å². The van der Waals surface area contributed by atoms with E-state index in [1.165, 1.54) is 29.8 Å². The van der Waals surface area contributed by atoms with Gasteiger partial charge in [-0.25, -0.2) is 9.40 Å². The van der Waals surface area contributed by atoms with Gasteiger partial charge in [0, 0.05) is 51.0 Å². The first kappa shape index (κ1) is 24.8. The number of halogens is 1. The topological polar surface area (TPSA) is 39.1 Å². The van der Waals surface area contributed by atoms with E-state index in [4.69, 9.17) is 5.10 Å². The molecule has 1 fully saturated rings. The van der Waals surface area contributed by atoms with Gasteiger partial charge in [0.1, 0.15) is 5.82 Å². The summed E-state index contributed by atoms with van der Waals surface area (Å²) in [6.45, 7) is 0. The molecule has 0 spiro atoms. The molecular formula is C31H33FN4O. The summed E-state index contributed by atoms with van der Waals surface area (Å²) in [6.07, 6.45) is 5.14. The van der Waals surface area contributed by atoms with Crippen molar-refractivity contribution in [1.82, 2.24) is 5.01 Å². The Morgan fingerprint density at radius 1 is 0.892 bits per heavy atom. The minimum Gasteiger partial charge on any atom is -0.378 e. The Morgan fingerprint density at radius 3 is 2.08 bits per heavy atom. The number of fused-ring (bicyclic) bond motifs is 1. The van der Waals surface area contributed by atoms with Crippen molar-refractivity contribution in [2.75, 3.05) is 38.0 Å². The first-order chi connectivity index (χ1) is 17.8. The molecule has 0 N–H and O–H groups in total. The Morgan fingerprint density at radius 2 is 1.49 bits per heavy atom. The minimum atomic E-state index is -0.362. The van der Waals surface area contributed by atoms with Crippen LogP contribution in [-0.2, 0) is 0 Å². The van der Waals surface area contributed by atoms with Crippen LogP contribution in [0.2, 0.25) is 0 Å². The fraction of sp³-hybridized carbons (Fsp3) is 0.290. The summed E-state index contributed by atoms with van der Waals surface area (Å²) in [5.41, 5.74) is 7.03. The lowest BCUT2D eigenvalue weighted by atomic mass is 9.77. The lowest BCUT2D eigenvalue weighted by molar-refractivity contribution is 0.0681. The van der Waals surface area contributed by atoms with Crippen LogP contribution in [0.25, 0.3) is 6.08 Å². The van der Waals surface area contributed by atoms with E-state index in [2.05, 4.69) is 64.4 Å². The van der Waals surface area contributed by atoms with Gasteiger partial charge in [-0.1, -0.05) is 24.3 Å². The normalized spacial score (nSPS) is 20.0. The maximum atomic E-state index is 13.7. The van der Waals surface area contributed by atoms with E-state index in [0.717, 1.165) is 47.5 Å². The van der Waals surface area contributed by atoms with Crippen molar-refractivity contribution in [2.24, 2.45) is 11.0 Å². The van der Waals surface area contributed by atoms with Gasteiger partial charge in [-0.05, 0) is 90.6 Å². The maximum Gasteiger partial charge on any atom is 0.274 e. The second-order valence-corrected chi connectivity index (χ2v) is 10.2. The van der Waals surface area contributed by atoms with Gasteiger partial charge in [0.25, 0.3) is 5.91 Å². The van der Waals surface area contributed by atoms with Crippen LogP contribution in [0.5, 0.6) is 0 Å². The van der Waals surface area contributed by atoms with E-state index in [0.29, 0.717) is 5.56 Å². The van der Waals surface area contributed by atoms with Crippen LogP contribution in [0.3, 0.4) is 0 Å². The zero-order valence-electron chi connectivity index (χ0n) is 21.9. The number of benzene rings is 3. The SMILES string of the molecule is CN(C)c1ccc(/C=C2/CCC[C@@H]3C2=NN(C(=O)c2ccc(F)cc2)[C@H]3c2ccc(N(C)C)cc2)cc1. The summed E-state index contributed by atoms with van der Waals surface area (Å²) in [5.74, 6) is -0.465. The standard InChI is InChI=1S/C31H33FN4O/c1-34(2)26-16-8-21(9-17-26)20-24-6-5-7-28-29(24)33-36(31(37)23-10-14-25(32)15-11-23)30(28)22-12-18-27(19-13-22)35(3)4/h8-20,28,30H,5-7H2,1-4H3/b24-20-/t28-,30+/m1/s1. The van der Waals surface area contributed by atoms with Crippen LogP contribution >= 0.6 is 0 Å². The number of rotatable bonds is 5. The predicted octanol–water partition coefficient (Wildman–Crippen LogP) is 6.39. The number of amides is 1. The minimum absolute atomic E-state index is 0.107. The highest BCUT2D eigenvalue weighted by molar-refractivity contribution is 6.09. The van der Waals surface area contributed by atoms with Gasteiger partial charge in [-0.2, -0.15) is 5.10 Å². The van der Waals surface area contributed by atoms with Gasteiger partial charge < -0.3 is 9.80 Å². The van der Waals surface area contributed by atoms with Crippen molar-refractivity contribution in [3.63, 3.8) is 0 Å². The Kier molecular flexibility index (Phi) is 6.83. The third kappa shape index (κ3) is 5.01. The first-order valence-corrected chi connectivity index (χ1v) is 12.7. The highest BCUT2D eigenvalue weighted by atomic mass is 19.1. The molecule has 1 saturated carbocycles. The Labute approximate surface area is 218 Å². The molecule has 5 rings (SSSR count). The van der Waals surface area contributed by atoms with Crippen molar-refractivity contribution in [3.8, 4) is 0 Å². The molecule has 0 unspecified atom stereocenters. The highest BCUT2D eigenvalue weighted by Gasteiger charge is 2.44. The van der Waals surface area contributed by atoms with Gasteiger partial charge in [-0.15, -0.1) is 0 Å². The average molecular weight is 497 g/mol. The fourth-order valence-electron chi connectivity index (χ4n) is 5.27. The number of hydrazone groups is 1. The molecule has 3 aromatic carbocycles. The smallest absolute Gasteiger partial charge is 0.274 e. The summed E-state index contributed by atoms with van der Waals surface area (Å²) in [4.78, 5) is 17.8. The van der Waals surface area contributed by atoms with Crippen LogP contribution < -0.4 is 9.80 Å². The van der Waals surface area contributed by atoms with Gasteiger partial charge in [0.05, 0.1) is 11.8 Å². The molecule has 3 aromatic rings. The van der Waals surface area contributed by atoms with E-state index < -0.39 is 0 Å². The highest BCUT2D eigenvalue weighted by Crippen LogP contribution is 2.45. The molecule has 1 aliphatic heterocycles. The number of carbonyl (C=O) groups excluding carboxylic acids is 1. The Hall–Kier alpha value is -3.93. The van der Waals surface area contributed by atoms with E-state index in [-0.39, 0.29) is 23.7 Å². The molecule has 2 aliphatic rings. The molecule has 0 radical (unpaired) electrons. The van der Waals surface area contributed by atoms with Gasteiger partial charge >= 0.3 is 0 Å². The number of allylic oxidation sites excluding steroid dienone is 1. The van der Waals surface area contributed by atoms with Crippen LogP contribution in [0.1, 0.15) is 46.8 Å². The fourth-order valence-corrected chi connectivity index (χ4v) is 5.27. The lowest BCUT2D eigenvalue weighted by Crippen LogP contribution is -2.32. The molecule has 1 aliphatic carbocycles. The molecule has 0 saturated heterocycles. The van der Waals surface area contributed by atoms with Crippen molar-refractivity contribution in [1.29, 1.82) is 0 Å². The van der Waals surface area contributed by atoms with E-state index >= 15 is 0 Å². The maximum absolute atomic E-state index is 13.7. The number of nitrogens with zero attached hydrogens (tertiary/aromatic N) is 4. The second-order valence-electron chi connectivity index (χ2n) is 10.2. The van der Waals surface area contributed by atoms with Crippen LogP contribution in [0, 0.1) is 11.7 Å². The summed E-state index contributed by atoms with van der Waals surface area (Å²) in [6, 6.07) is 22.4. The molecule has 2 atom stereocenters. The van der Waals surface area contributed by atoms with E-state index in [1.807, 2.05) is 28.2 Å². The molecule has 5 nitrogen and oxygen atoms in total. The number of carbonyl (C=O) groups is 1. The molecule has 1 heterocycles. The Balaban J connectivity index is 1.54. The third-order valence-corrected chi connectivity index (χ3v) is 7.30. The third-order valence-electron chi connectivity index (χ3n) is 7.30. The number of anilines is 2. The second kappa shape index (κ2) is 10.2. The molecule has 37 heavy (non-hydrogen) atoms. The van der Waals surface area contributed by atoms with Crippen LogP contribution in [-0.4, -0.2) is 44.8 Å².